The molecule has 0 aliphatic heterocycles. The van der Waals surface area contributed by atoms with E-state index in [1.165, 1.54) is 12.7 Å². The minimum atomic E-state index is 0.0603. The van der Waals surface area contributed by atoms with Crippen molar-refractivity contribution in [3.05, 3.63) is 52.0 Å². The van der Waals surface area contributed by atoms with Crippen LogP contribution in [0, 0.1) is 6.92 Å². The Bertz CT molecular complexity index is 625. The molecule has 0 amide bonds. The van der Waals surface area contributed by atoms with Crippen LogP contribution in [0.2, 0.25) is 0 Å². The van der Waals surface area contributed by atoms with Crippen LogP contribution in [0.15, 0.2) is 46.0 Å². The number of hydrogen-bond donors (Lipinski definition) is 2. The molecule has 104 valence electrons. The van der Waals surface area contributed by atoms with Gasteiger partial charge in [-0.05, 0) is 31.2 Å². The first-order valence-corrected chi connectivity index (χ1v) is 6.81. The highest BCUT2D eigenvalue weighted by molar-refractivity contribution is 9.10. The number of rotatable bonds is 4. The molecule has 2 N–H and O–H groups in total. The average molecular weight is 335 g/mol. The molecule has 0 fully saturated rings. The van der Waals surface area contributed by atoms with Crippen LogP contribution in [0.5, 0.6) is 11.5 Å². The number of anilines is 1. The number of ether oxygens (including phenoxy) is 1. The molecular formula is C15H15BrN2O2. The van der Waals surface area contributed by atoms with Gasteiger partial charge in [0.2, 0.25) is 0 Å². The third kappa shape index (κ3) is 3.51. The largest absolute Gasteiger partial charge is 0.504 e. The predicted octanol–water partition coefficient (Wildman–Crippen LogP) is 3.92. The van der Waals surface area contributed by atoms with Gasteiger partial charge in [0, 0.05) is 10.0 Å². The molecule has 0 saturated heterocycles. The first kappa shape index (κ1) is 14.4. The summed E-state index contributed by atoms with van der Waals surface area (Å²) in [6.45, 7) is 2.03. The molecule has 0 saturated carbocycles. The van der Waals surface area contributed by atoms with E-state index in [1.807, 2.05) is 31.2 Å². The second kappa shape index (κ2) is 6.43. The van der Waals surface area contributed by atoms with Crippen LogP contribution >= 0.6 is 15.9 Å². The topological polar surface area (TPSA) is 53.8 Å². The molecule has 5 heteroatoms. The van der Waals surface area contributed by atoms with E-state index in [2.05, 4.69) is 26.5 Å². The Morgan fingerprint density at radius 1 is 1.25 bits per heavy atom. The van der Waals surface area contributed by atoms with Gasteiger partial charge in [0.15, 0.2) is 11.5 Å². The van der Waals surface area contributed by atoms with E-state index in [0.717, 1.165) is 10.2 Å². The van der Waals surface area contributed by atoms with E-state index in [0.29, 0.717) is 11.3 Å². The maximum Gasteiger partial charge on any atom is 0.166 e. The molecule has 0 aromatic heterocycles. The summed E-state index contributed by atoms with van der Waals surface area (Å²) in [6.07, 6.45) is 1.54. The Kier molecular flexibility index (Phi) is 4.63. The van der Waals surface area contributed by atoms with Crippen LogP contribution < -0.4 is 10.2 Å². The fraction of sp³-hybridized carbons (Fsp3) is 0.133. The maximum absolute atomic E-state index is 9.98. The Hall–Kier alpha value is -2.01. The summed E-state index contributed by atoms with van der Waals surface area (Å²) in [5, 5.41) is 14.1. The van der Waals surface area contributed by atoms with Crippen molar-refractivity contribution in [1.82, 2.24) is 0 Å². The second-order valence-corrected chi connectivity index (χ2v) is 5.20. The number of methoxy groups -OCH3 is 1. The van der Waals surface area contributed by atoms with Crippen molar-refractivity contribution < 1.29 is 9.84 Å². The lowest BCUT2D eigenvalue weighted by atomic mass is 10.2. The number of aromatic hydroxyl groups is 1. The van der Waals surface area contributed by atoms with Gasteiger partial charge < -0.3 is 9.84 Å². The van der Waals surface area contributed by atoms with E-state index in [4.69, 9.17) is 4.74 Å². The Morgan fingerprint density at radius 3 is 2.60 bits per heavy atom. The van der Waals surface area contributed by atoms with Crippen molar-refractivity contribution in [3.63, 3.8) is 0 Å². The third-order valence-corrected chi connectivity index (χ3v) is 3.20. The highest BCUT2D eigenvalue weighted by atomic mass is 79.9. The zero-order valence-corrected chi connectivity index (χ0v) is 12.8. The number of aryl methyl sites for hydroxylation is 1. The molecule has 0 unspecified atom stereocenters. The Morgan fingerprint density at radius 2 is 1.95 bits per heavy atom. The summed E-state index contributed by atoms with van der Waals surface area (Å²) in [5.41, 5.74) is 5.54. The van der Waals surface area contributed by atoms with Crippen molar-refractivity contribution in [3.8, 4) is 11.5 Å². The highest BCUT2D eigenvalue weighted by Crippen LogP contribution is 2.32. The lowest BCUT2D eigenvalue weighted by molar-refractivity contribution is 0.373. The zero-order valence-electron chi connectivity index (χ0n) is 11.2. The first-order valence-electron chi connectivity index (χ1n) is 6.02. The number of hydrazone groups is 1. The fourth-order valence-electron chi connectivity index (χ4n) is 1.65. The van der Waals surface area contributed by atoms with Crippen LogP contribution in [0.3, 0.4) is 0 Å². The quantitative estimate of drug-likeness (QED) is 0.658. The molecule has 2 aromatic carbocycles. The molecule has 0 aliphatic rings. The van der Waals surface area contributed by atoms with Crippen molar-refractivity contribution in [1.29, 1.82) is 0 Å². The molecule has 0 aliphatic carbocycles. The van der Waals surface area contributed by atoms with E-state index in [-0.39, 0.29) is 5.75 Å². The lowest BCUT2D eigenvalue weighted by Crippen LogP contribution is -1.93. The Labute approximate surface area is 126 Å². The number of halogens is 1. The van der Waals surface area contributed by atoms with Gasteiger partial charge >= 0.3 is 0 Å². The second-order valence-electron chi connectivity index (χ2n) is 4.28. The molecule has 0 bridgehead atoms. The summed E-state index contributed by atoms with van der Waals surface area (Å²) >= 11 is 3.36. The predicted molar refractivity (Wildman–Crippen MR) is 84.8 cm³/mol. The molecule has 0 atom stereocenters. The van der Waals surface area contributed by atoms with Gasteiger partial charge in [-0.1, -0.05) is 33.6 Å². The van der Waals surface area contributed by atoms with Gasteiger partial charge in [0.25, 0.3) is 0 Å². The average Bonchev–Trinajstić information content (AvgIpc) is 2.44. The van der Waals surface area contributed by atoms with Crippen molar-refractivity contribution in [2.45, 2.75) is 6.92 Å². The number of phenols is 1. The van der Waals surface area contributed by atoms with E-state index in [9.17, 15) is 5.11 Å². The maximum atomic E-state index is 9.98. The van der Waals surface area contributed by atoms with Crippen molar-refractivity contribution >= 4 is 27.8 Å². The van der Waals surface area contributed by atoms with Crippen molar-refractivity contribution in [2.24, 2.45) is 5.10 Å². The summed E-state index contributed by atoms with van der Waals surface area (Å²) in [5.74, 6) is 0.460. The lowest BCUT2D eigenvalue weighted by Gasteiger charge is -2.07. The van der Waals surface area contributed by atoms with Gasteiger partial charge in [-0.2, -0.15) is 5.10 Å². The van der Waals surface area contributed by atoms with Crippen LogP contribution in [0.25, 0.3) is 0 Å². The normalized spacial score (nSPS) is 10.8. The zero-order chi connectivity index (χ0) is 14.5. The first-order chi connectivity index (χ1) is 9.60. The molecule has 2 rings (SSSR count). The summed E-state index contributed by atoms with van der Waals surface area (Å²) < 4.78 is 5.89. The molecule has 20 heavy (non-hydrogen) atoms. The van der Waals surface area contributed by atoms with Crippen LogP contribution in [0.4, 0.5) is 5.69 Å². The van der Waals surface area contributed by atoms with Gasteiger partial charge in [0.1, 0.15) is 0 Å². The number of nitrogens with zero attached hydrogens (tertiary/aromatic N) is 1. The minimum Gasteiger partial charge on any atom is -0.504 e. The standard InChI is InChI=1S/C15H15BrN2O2/c1-10-3-5-13(6-4-10)18-17-9-11-7-12(16)8-14(20-2)15(11)19/h3-9,18-19H,1-2H3. The summed E-state index contributed by atoms with van der Waals surface area (Å²) in [4.78, 5) is 0. The van der Waals surface area contributed by atoms with Crippen LogP contribution in [-0.4, -0.2) is 18.4 Å². The smallest absolute Gasteiger partial charge is 0.166 e. The van der Waals surface area contributed by atoms with E-state index >= 15 is 0 Å². The van der Waals surface area contributed by atoms with Crippen LogP contribution in [-0.2, 0) is 0 Å². The van der Waals surface area contributed by atoms with Gasteiger partial charge in [0.05, 0.1) is 19.0 Å². The minimum absolute atomic E-state index is 0.0603. The molecular weight excluding hydrogens is 320 g/mol. The van der Waals surface area contributed by atoms with E-state index in [1.54, 1.807) is 18.3 Å². The van der Waals surface area contributed by atoms with Gasteiger partial charge in [-0.3, -0.25) is 5.43 Å². The molecule has 0 radical (unpaired) electrons. The molecule has 2 aromatic rings. The molecule has 0 spiro atoms. The number of phenolic OH excluding ortho intramolecular Hbond substituents is 1. The monoisotopic (exact) mass is 334 g/mol. The van der Waals surface area contributed by atoms with Crippen LogP contribution in [0.1, 0.15) is 11.1 Å². The molecule has 4 nitrogen and oxygen atoms in total. The Balaban J connectivity index is 2.15. The van der Waals surface area contributed by atoms with Gasteiger partial charge in [-0.15, -0.1) is 0 Å². The third-order valence-electron chi connectivity index (χ3n) is 2.74. The molecule has 0 heterocycles. The number of hydrogen-bond acceptors (Lipinski definition) is 4. The van der Waals surface area contributed by atoms with E-state index < -0.39 is 0 Å². The highest BCUT2D eigenvalue weighted by Gasteiger charge is 2.07. The number of nitrogens with one attached hydrogen (secondary N) is 1. The van der Waals surface area contributed by atoms with Crippen molar-refractivity contribution in [2.75, 3.05) is 12.5 Å². The SMILES string of the molecule is COc1cc(Br)cc(C=NNc2ccc(C)cc2)c1O. The summed E-state index contributed by atoms with van der Waals surface area (Å²) in [7, 11) is 1.51. The summed E-state index contributed by atoms with van der Waals surface area (Å²) in [6, 6.07) is 11.3. The number of benzene rings is 2. The van der Waals surface area contributed by atoms with Gasteiger partial charge in [-0.25, -0.2) is 0 Å². The fourth-order valence-corrected chi connectivity index (χ4v) is 2.11.